The Bertz CT molecular complexity index is 282. The molecule has 0 N–H and O–H groups in total. The monoisotopic (exact) mass is 324 g/mol. The van der Waals surface area contributed by atoms with Gasteiger partial charge in [0.2, 0.25) is 0 Å². The Morgan fingerprint density at radius 3 is 1.94 bits per heavy atom. The number of carbonyl (C=O) groups is 1. The Hall–Kier alpha value is 0.127. The van der Waals surface area contributed by atoms with Gasteiger partial charge in [-0.15, -0.1) is 0 Å². The second kappa shape index (κ2) is 5.41. The van der Waals surface area contributed by atoms with Gasteiger partial charge in [-0.25, -0.2) is 0 Å². The van der Waals surface area contributed by atoms with Crippen molar-refractivity contribution in [1.82, 2.24) is 0 Å². The molecule has 5 heteroatoms. The predicted molar refractivity (Wildman–Crippen MR) is 77.1 cm³/mol. The number of hydrogen-bond acceptors (Lipinski definition) is 3. The molecule has 0 unspecified atom stereocenters. The van der Waals surface area contributed by atoms with Gasteiger partial charge in [0.15, 0.2) is 8.32 Å². The third-order valence-electron chi connectivity index (χ3n) is 3.63. The molecule has 0 fully saturated rings. The Kier molecular flexibility index (Phi) is 5.45. The summed E-state index contributed by atoms with van der Waals surface area (Å²) < 4.78 is 10.2. The van der Waals surface area contributed by atoms with Crippen LogP contribution < -0.4 is 0 Å². The zero-order valence-corrected chi connectivity index (χ0v) is 14.8. The first kappa shape index (κ1) is 17.1. The van der Waals surface area contributed by atoms with Crippen molar-refractivity contribution in [2.45, 2.75) is 63.2 Å². The smallest absolute Gasteiger partial charge is 0.324 e. The molecule has 0 rings (SSSR count). The van der Waals surface area contributed by atoms with Crippen molar-refractivity contribution in [2.24, 2.45) is 0 Å². The van der Waals surface area contributed by atoms with E-state index in [1.54, 1.807) is 6.92 Å². The minimum atomic E-state index is -1.87. The third kappa shape index (κ3) is 4.07. The fourth-order valence-electron chi connectivity index (χ4n) is 1.09. The van der Waals surface area contributed by atoms with Crippen LogP contribution in [0.4, 0.5) is 0 Å². The zero-order valence-electron chi connectivity index (χ0n) is 12.2. The minimum absolute atomic E-state index is 0.125. The number of methoxy groups -OCH3 is 1. The van der Waals surface area contributed by atoms with E-state index in [1.807, 2.05) is 6.92 Å². The van der Waals surface area contributed by atoms with Crippen molar-refractivity contribution in [3.8, 4) is 0 Å². The SMILES string of the molecule is COC(=O)[C@@](C)(Br)[C@@H](C)O[Si](C)(C)C(C)(C)C. The molecule has 0 saturated heterocycles. The van der Waals surface area contributed by atoms with E-state index in [-0.39, 0.29) is 17.1 Å². The summed E-state index contributed by atoms with van der Waals surface area (Å²) in [5.74, 6) is -0.302. The maximum Gasteiger partial charge on any atom is 0.324 e. The molecule has 0 aromatic carbocycles. The normalized spacial score (nSPS) is 18.4. The molecule has 17 heavy (non-hydrogen) atoms. The van der Waals surface area contributed by atoms with Gasteiger partial charge >= 0.3 is 5.97 Å². The number of rotatable bonds is 4. The number of alkyl halides is 1. The van der Waals surface area contributed by atoms with E-state index in [1.165, 1.54) is 7.11 Å². The van der Waals surface area contributed by atoms with Crippen molar-refractivity contribution in [3.05, 3.63) is 0 Å². The summed E-state index contributed by atoms with van der Waals surface area (Å²) in [5, 5.41) is 0.125. The number of carbonyl (C=O) groups excluding carboxylic acids is 1. The average molecular weight is 325 g/mol. The van der Waals surface area contributed by atoms with Gasteiger partial charge < -0.3 is 9.16 Å². The molecule has 0 aliphatic carbocycles. The first-order chi connectivity index (χ1) is 7.36. The first-order valence-corrected chi connectivity index (χ1v) is 9.51. The first-order valence-electron chi connectivity index (χ1n) is 5.81. The maximum atomic E-state index is 11.7. The molecule has 0 aliphatic heterocycles. The van der Waals surface area contributed by atoms with E-state index in [2.05, 4.69) is 49.8 Å². The van der Waals surface area contributed by atoms with Crippen LogP contribution in [0.25, 0.3) is 0 Å². The Morgan fingerprint density at radius 2 is 1.65 bits per heavy atom. The van der Waals surface area contributed by atoms with Crippen molar-refractivity contribution in [1.29, 1.82) is 0 Å². The van der Waals surface area contributed by atoms with Crippen LogP contribution in [-0.2, 0) is 14.0 Å². The van der Waals surface area contributed by atoms with Gasteiger partial charge in [0.05, 0.1) is 13.2 Å². The number of esters is 1. The largest absolute Gasteiger partial charge is 0.468 e. The van der Waals surface area contributed by atoms with E-state index in [0.717, 1.165) is 0 Å². The highest BCUT2D eigenvalue weighted by Crippen LogP contribution is 2.39. The minimum Gasteiger partial charge on any atom is -0.468 e. The van der Waals surface area contributed by atoms with Gasteiger partial charge in [0, 0.05) is 0 Å². The van der Waals surface area contributed by atoms with Gasteiger partial charge in [-0.3, -0.25) is 4.79 Å². The molecular formula is C12H25BrO3Si. The fourth-order valence-corrected chi connectivity index (χ4v) is 3.00. The van der Waals surface area contributed by atoms with Crippen LogP contribution in [0.1, 0.15) is 34.6 Å². The molecule has 0 radical (unpaired) electrons. The van der Waals surface area contributed by atoms with Crippen LogP contribution >= 0.6 is 15.9 Å². The number of halogens is 1. The number of hydrogen-bond donors (Lipinski definition) is 0. The van der Waals surface area contributed by atoms with E-state index in [4.69, 9.17) is 9.16 Å². The summed E-state index contributed by atoms with van der Waals surface area (Å²) in [6.45, 7) is 14.6. The highest BCUT2D eigenvalue weighted by molar-refractivity contribution is 9.10. The lowest BCUT2D eigenvalue weighted by Crippen LogP contribution is -2.50. The molecular weight excluding hydrogens is 300 g/mol. The van der Waals surface area contributed by atoms with Gasteiger partial charge in [0.1, 0.15) is 4.32 Å². The molecule has 2 atom stereocenters. The summed E-state index contributed by atoms with van der Waals surface area (Å²) in [4.78, 5) is 11.7. The quantitative estimate of drug-likeness (QED) is 0.449. The van der Waals surface area contributed by atoms with E-state index < -0.39 is 12.6 Å². The molecule has 102 valence electrons. The summed E-state index contributed by atoms with van der Waals surface area (Å²) in [6.07, 6.45) is -0.226. The lowest BCUT2D eigenvalue weighted by atomic mass is 10.1. The van der Waals surface area contributed by atoms with Crippen LogP contribution in [0, 0.1) is 0 Å². The molecule has 0 aromatic heterocycles. The summed E-state index contributed by atoms with van der Waals surface area (Å²) in [7, 11) is -0.484. The third-order valence-corrected chi connectivity index (χ3v) is 9.15. The van der Waals surface area contributed by atoms with Crippen molar-refractivity contribution >= 4 is 30.2 Å². The lowest BCUT2D eigenvalue weighted by molar-refractivity contribution is -0.145. The molecule has 0 aliphatic rings. The molecule has 0 bridgehead atoms. The maximum absolute atomic E-state index is 11.7. The number of ether oxygens (including phenoxy) is 1. The molecule has 0 spiro atoms. The highest BCUT2D eigenvalue weighted by atomic mass is 79.9. The highest BCUT2D eigenvalue weighted by Gasteiger charge is 2.45. The topological polar surface area (TPSA) is 35.5 Å². The zero-order chi connectivity index (χ0) is 14.1. The van der Waals surface area contributed by atoms with Crippen LogP contribution in [0.3, 0.4) is 0 Å². The molecule has 3 nitrogen and oxygen atoms in total. The van der Waals surface area contributed by atoms with E-state index in [9.17, 15) is 4.79 Å². The summed E-state index contributed by atoms with van der Waals surface area (Å²) in [6, 6.07) is 0. The second-order valence-electron chi connectivity index (χ2n) is 6.09. The standard InChI is InChI=1S/C12H25BrO3Si/c1-9(12(5,13)10(14)15-6)16-17(7,8)11(2,3)4/h9H,1-8H3/t9-,12+/m1/s1. The Labute approximate surface area is 115 Å². The molecule has 0 heterocycles. The Balaban J connectivity index is 4.87. The predicted octanol–water partition coefficient (Wildman–Crippen LogP) is 3.72. The van der Waals surface area contributed by atoms with Crippen LogP contribution in [0.5, 0.6) is 0 Å². The molecule has 0 amide bonds. The van der Waals surface area contributed by atoms with Crippen LogP contribution in [0.2, 0.25) is 18.1 Å². The van der Waals surface area contributed by atoms with E-state index >= 15 is 0 Å². The molecule has 0 aromatic rings. The average Bonchev–Trinajstić information content (AvgIpc) is 2.13. The van der Waals surface area contributed by atoms with Crippen LogP contribution in [0.15, 0.2) is 0 Å². The van der Waals surface area contributed by atoms with Crippen LogP contribution in [-0.4, -0.2) is 31.8 Å². The van der Waals surface area contributed by atoms with Crippen molar-refractivity contribution < 1.29 is 14.0 Å². The Morgan fingerprint density at radius 1 is 1.24 bits per heavy atom. The van der Waals surface area contributed by atoms with Crippen molar-refractivity contribution in [2.75, 3.05) is 7.11 Å². The van der Waals surface area contributed by atoms with Crippen molar-refractivity contribution in [3.63, 3.8) is 0 Å². The summed E-state index contributed by atoms with van der Waals surface area (Å²) >= 11 is 3.42. The van der Waals surface area contributed by atoms with Gasteiger partial charge in [-0.1, -0.05) is 36.7 Å². The fraction of sp³-hybridized carbons (Fsp3) is 0.917. The lowest BCUT2D eigenvalue weighted by Gasteiger charge is -2.41. The second-order valence-corrected chi connectivity index (χ2v) is 12.5. The van der Waals surface area contributed by atoms with E-state index in [0.29, 0.717) is 0 Å². The van der Waals surface area contributed by atoms with Gasteiger partial charge in [0.25, 0.3) is 0 Å². The summed E-state index contributed by atoms with van der Waals surface area (Å²) in [5.41, 5.74) is 0. The molecule has 0 saturated carbocycles. The van der Waals surface area contributed by atoms with Gasteiger partial charge in [-0.05, 0) is 32.0 Å². The van der Waals surface area contributed by atoms with Gasteiger partial charge in [-0.2, -0.15) is 0 Å².